The Morgan fingerprint density at radius 1 is 0.957 bits per heavy atom. The van der Waals surface area contributed by atoms with Crippen LogP contribution in [0.4, 0.5) is 0 Å². The van der Waals surface area contributed by atoms with Crippen molar-refractivity contribution in [2.45, 2.75) is 93.4 Å². The van der Waals surface area contributed by atoms with Crippen LogP contribution in [0.5, 0.6) is 0 Å². The number of nitriles is 1. The minimum Gasteiger partial charge on any atom is -0.295 e. The molecule has 3 saturated carbocycles. The Morgan fingerprint density at radius 3 is 2.39 bits per heavy atom. The van der Waals surface area contributed by atoms with Crippen molar-refractivity contribution in [3.05, 3.63) is 60.1 Å². The van der Waals surface area contributed by atoms with Crippen molar-refractivity contribution in [2.24, 2.45) is 50.2 Å². The summed E-state index contributed by atoms with van der Waals surface area (Å²) in [5, 5.41) is 10.0. The molecule has 0 amide bonds. The van der Waals surface area contributed by atoms with E-state index in [1.165, 1.54) is 0 Å². The van der Waals surface area contributed by atoms with Crippen molar-refractivity contribution in [3.63, 3.8) is 0 Å². The molecule has 0 aromatic carbocycles. The van der Waals surface area contributed by atoms with Crippen molar-refractivity contribution >= 4 is 17.5 Å². The topological polar surface area (TPSA) is 106 Å². The molecule has 7 nitrogen and oxygen atoms in total. The Hall–Kier alpha value is -3.66. The lowest BCUT2D eigenvalue weighted by Crippen LogP contribution is -2.66. The summed E-state index contributed by atoms with van der Waals surface area (Å²) in [7, 11) is 0. The van der Waals surface area contributed by atoms with Crippen molar-refractivity contribution in [3.8, 4) is 17.6 Å². The molecule has 3 fully saturated rings. The zero-order valence-corrected chi connectivity index (χ0v) is 28.3. The second-order valence-corrected chi connectivity index (χ2v) is 17.1. The minimum atomic E-state index is -0.699. The van der Waals surface area contributed by atoms with Crippen LogP contribution in [0.25, 0.3) is 11.5 Å². The van der Waals surface area contributed by atoms with Gasteiger partial charge >= 0.3 is 0 Å². The summed E-state index contributed by atoms with van der Waals surface area (Å²) in [5.74, 6) is 0.159. The number of carbonyl (C=O) groups excluding carboxylic acids is 3. The van der Waals surface area contributed by atoms with E-state index in [9.17, 15) is 19.6 Å². The summed E-state index contributed by atoms with van der Waals surface area (Å²) in [6, 6.07) is 7.83. The number of pyridine rings is 1. The first-order chi connectivity index (χ1) is 21.6. The highest BCUT2D eigenvalue weighted by atomic mass is 16.2. The molecule has 7 heteroatoms. The summed E-state index contributed by atoms with van der Waals surface area (Å²) < 4.78 is 1.70. The molecule has 2 aromatic heterocycles. The lowest BCUT2D eigenvalue weighted by Gasteiger charge is -2.69. The van der Waals surface area contributed by atoms with Gasteiger partial charge in [-0.05, 0) is 91.2 Å². The van der Waals surface area contributed by atoms with E-state index >= 15 is 0 Å². The molecule has 0 spiro atoms. The first-order valence-electron chi connectivity index (χ1n) is 17.0. The standard InChI is InChI=1S/C39H46N4O3/c1-34(2)13-15-39(33(46)43-19-18-42-32(43)26-10-8-9-17-41-26)16-14-38(7)30(25(39)22-34)27(44)20-29-36(5)21-24(23-40)31(45)35(3,4)28(36)11-12-37(29,38)6/h8-10,17-21,25,28,30H,11-16,22H2,1-7H3. The summed E-state index contributed by atoms with van der Waals surface area (Å²) in [4.78, 5) is 52.3. The van der Waals surface area contributed by atoms with Gasteiger partial charge < -0.3 is 0 Å². The van der Waals surface area contributed by atoms with E-state index in [1.54, 1.807) is 23.2 Å². The van der Waals surface area contributed by atoms with Crippen molar-refractivity contribution in [2.75, 3.05) is 0 Å². The van der Waals surface area contributed by atoms with Crippen LogP contribution in [0, 0.1) is 61.6 Å². The molecule has 7 rings (SSSR count). The van der Waals surface area contributed by atoms with E-state index < -0.39 is 16.2 Å². The highest BCUT2D eigenvalue weighted by molar-refractivity contribution is 6.04. The van der Waals surface area contributed by atoms with Crippen LogP contribution in [-0.2, 0) is 9.59 Å². The maximum absolute atomic E-state index is 15.0. The molecule has 5 aliphatic rings. The molecule has 0 N–H and O–H groups in total. The first kappa shape index (κ1) is 31.0. The van der Waals surface area contributed by atoms with Crippen LogP contribution >= 0.6 is 0 Å². The molecule has 0 bridgehead atoms. The number of ketones is 2. The maximum Gasteiger partial charge on any atom is 0.238 e. The van der Waals surface area contributed by atoms with E-state index in [4.69, 9.17) is 0 Å². The van der Waals surface area contributed by atoms with Gasteiger partial charge in [0.25, 0.3) is 0 Å². The SMILES string of the molecule is CC1(C)CCC2(C(=O)n3ccnc3-c3ccccn3)CCC3(C)C(C(=O)C=C4C5(C)C=C(C#N)C(=O)C(C)(C)C5CCC43C)C2C1. The van der Waals surface area contributed by atoms with Crippen LogP contribution < -0.4 is 0 Å². The summed E-state index contributed by atoms with van der Waals surface area (Å²) in [5.41, 5.74) is -0.728. The van der Waals surface area contributed by atoms with Gasteiger partial charge in [0.1, 0.15) is 11.8 Å². The fourth-order valence-corrected chi connectivity index (χ4v) is 11.4. The second kappa shape index (κ2) is 9.69. The molecule has 2 aromatic rings. The average Bonchev–Trinajstić information content (AvgIpc) is 3.50. The van der Waals surface area contributed by atoms with Gasteiger partial charge in [-0.3, -0.25) is 23.9 Å². The van der Waals surface area contributed by atoms with Gasteiger partial charge in [-0.1, -0.05) is 66.2 Å². The molecule has 240 valence electrons. The molecule has 0 radical (unpaired) electrons. The van der Waals surface area contributed by atoms with Crippen LogP contribution in [0.2, 0.25) is 0 Å². The first-order valence-corrected chi connectivity index (χ1v) is 17.0. The number of hydrogen-bond acceptors (Lipinski definition) is 6. The van der Waals surface area contributed by atoms with Crippen molar-refractivity contribution in [1.82, 2.24) is 14.5 Å². The van der Waals surface area contributed by atoms with E-state index in [2.05, 4.69) is 50.7 Å². The van der Waals surface area contributed by atoms with Gasteiger partial charge in [-0.25, -0.2) is 4.98 Å². The maximum atomic E-state index is 15.0. The second-order valence-electron chi connectivity index (χ2n) is 17.1. The number of fused-ring (bicyclic) bond motifs is 7. The van der Waals surface area contributed by atoms with Crippen molar-refractivity contribution < 1.29 is 14.4 Å². The quantitative estimate of drug-likeness (QED) is 0.340. The minimum absolute atomic E-state index is 0.000931. The Labute approximate surface area is 272 Å². The van der Waals surface area contributed by atoms with Crippen LogP contribution in [0.15, 0.2) is 60.1 Å². The number of rotatable bonds is 2. The monoisotopic (exact) mass is 618 g/mol. The molecule has 5 aliphatic carbocycles. The third kappa shape index (κ3) is 3.85. The molecular weight excluding hydrogens is 572 g/mol. The molecule has 0 aliphatic heterocycles. The smallest absolute Gasteiger partial charge is 0.238 e. The van der Waals surface area contributed by atoms with E-state index in [1.807, 2.05) is 44.2 Å². The zero-order valence-electron chi connectivity index (χ0n) is 28.3. The number of aromatic nitrogens is 3. The predicted molar refractivity (Wildman–Crippen MR) is 175 cm³/mol. The van der Waals surface area contributed by atoms with Crippen molar-refractivity contribution in [1.29, 1.82) is 5.26 Å². The fraction of sp³-hybridized carbons (Fsp3) is 0.590. The van der Waals surface area contributed by atoms with Gasteiger partial charge in [-0.2, -0.15) is 5.26 Å². The largest absolute Gasteiger partial charge is 0.295 e. The van der Waals surface area contributed by atoms with E-state index in [0.29, 0.717) is 17.9 Å². The predicted octanol–water partition coefficient (Wildman–Crippen LogP) is 7.80. The number of imidazole rings is 1. The highest BCUT2D eigenvalue weighted by Gasteiger charge is 2.71. The number of allylic oxidation sites excluding steroid dienone is 4. The molecule has 7 atom stereocenters. The van der Waals surface area contributed by atoms with Crippen LogP contribution in [0.1, 0.15) is 98.2 Å². The third-order valence-corrected chi connectivity index (χ3v) is 14.0. The summed E-state index contributed by atoms with van der Waals surface area (Å²) in [6.45, 7) is 15.3. The Kier molecular flexibility index (Phi) is 6.52. The lowest BCUT2D eigenvalue weighted by atomic mass is 9.34. The fourth-order valence-electron chi connectivity index (χ4n) is 11.4. The van der Waals surface area contributed by atoms with Gasteiger partial charge in [-0.15, -0.1) is 0 Å². The van der Waals surface area contributed by atoms with Gasteiger partial charge in [0, 0.05) is 35.3 Å². The molecule has 46 heavy (non-hydrogen) atoms. The Balaban J connectivity index is 1.37. The third-order valence-electron chi connectivity index (χ3n) is 14.0. The molecule has 7 unspecified atom stereocenters. The summed E-state index contributed by atoms with van der Waals surface area (Å²) in [6.07, 6.45) is 14.6. The lowest BCUT2D eigenvalue weighted by molar-refractivity contribution is -0.164. The number of Topliss-reactive ketones (excluding diaryl/α,β-unsaturated/α-hetero) is 1. The zero-order chi connectivity index (χ0) is 33.1. The molecular formula is C39H46N4O3. The van der Waals surface area contributed by atoms with Gasteiger partial charge in [0.15, 0.2) is 17.4 Å². The van der Waals surface area contributed by atoms with Crippen LogP contribution in [0.3, 0.4) is 0 Å². The average molecular weight is 619 g/mol. The summed E-state index contributed by atoms with van der Waals surface area (Å²) >= 11 is 0. The molecule has 2 heterocycles. The number of nitrogens with zero attached hydrogens (tertiary/aromatic N) is 4. The van der Waals surface area contributed by atoms with Crippen LogP contribution in [-0.4, -0.2) is 32.0 Å². The number of carbonyl (C=O) groups is 3. The molecule has 0 saturated heterocycles. The van der Waals surface area contributed by atoms with E-state index in [0.717, 1.165) is 44.1 Å². The van der Waals surface area contributed by atoms with Gasteiger partial charge in [0.2, 0.25) is 5.91 Å². The highest BCUT2D eigenvalue weighted by Crippen LogP contribution is 2.74. The normalized spacial score (nSPS) is 39.0. The Morgan fingerprint density at radius 2 is 1.70 bits per heavy atom. The van der Waals surface area contributed by atoms with Gasteiger partial charge in [0.05, 0.1) is 11.0 Å². The van der Waals surface area contributed by atoms with E-state index in [-0.39, 0.29) is 57.0 Å². The Bertz CT molecular complexity index is 1770. The number of hydrogen-bond donors (Lipinski definition) is 0.